The summed E-state index contributed by atoms with van der Waals surface area (Å²) < 4.78 is 2.69. The Kier molecular flexibility index (Phi) is 4.13. The van der Waals surface area contributed by atoms with Crippen molar-refractivity contribution in [3.8, 4) is 0 Å². The van der Waals surface area contributed by atoms with Gasteiger partial charge in [0.2, 0.25) is 5.91 Å². The van der Waals surface area contributed by atoms with E-state index in [-0.39, 0.29) is 0 Å². The van der Waals surface area contributed by atoms with E-state index in [0.717, 1.165) is 27.1 Å². The zero-order chi connectivity index (χ0) is 14.9. The van der Waals surface area contributed by atoms with Crippen molar-refractivity contribution >= 4 is 27.5 Å². The number of aryl methyl sites for hydroxylation is 2. The van der Waals surface area contributed by atoms with Crippen LogP contribution in [0.5, 0.6) is 0 Å². The molecule has 1 amide bonds. The molecule has 0 aliphatic carbocycles. The van der Waals surface area contributed by atoms with Gasteiger partial charge in [-0.05, 0) is 32.0 Å². The van der Waals surface area contributed by atoms with Crippen LogP contribution >= 0.6 is 15.9 Å². The van der Waals surface area contributed by atoms with Gasteiger partial charge in [-0.15, -0.1) is 0 Å². The molecule has 0 aliphatic heterocycles. The Hall–Kier alpha value is -1.82. The molecule has 0 saturated heterocycles. The highest BCUT2D eigenvalue weighted by Crippen LogP contribution is 2.26. The fourth-order valence-electron chi connectivity index (χ4n) is 2.24. The van der Waals surface area contributed by atoms with E-state index in [0.29, 0.717) is 0 Å². The largest absolute Gasteiger partial charge is 0.370 e. The van der Waals surface area contributed by atoms with Crippen molar-refractivity contribution in [2.75, 3.05) is 5.32 Å². The molecule has 0 saturated carbocycles. The first-order chi connectivity index (χ1) is 9.40. The van der Waals surface area contributed by atoms with Crippen LogP contribution in [0.1, 0.15) is 23.0 Å². The maximum atomic E-state index is 11.8. The maximum absolute atomic E-state index is 11.8. The molecule has 1 heterocycles. The number of nitrogens with one attached hydrogen (secondary N) is 1. The first kappa shape index (κ1) is 14.6. The SMILES string of the molecule is Cc1nn(C)c(C)c1C(Nc1cccc(Br)c1)C(N)=O. The molecule has 5 nitrogen and oxygen atoms in total. The summed E-state index contributed by atoms with van der Waals surface area (Å²) >= 11 is 3.41. The summed E-state index contributed by atoms with van der Waals surface area (Å²) in [6.07, 6.45) is 0. The molecule has 6 heteroatoms. The quantitative estimate of drug-likeness (QED) is 0.900. The van der Waals surface area contributed by atoms with Gasteiger partial charge in [-0.2, -0.15) is 5.10 Å². The number of primary amides is 1. The molecule has 0 fully saturated rings. The average Bonchev–Trinajstić information content (AvgIpc) is 2.61. The lowest BCUT2D eigenvalue weighted by molar-refractivity contribution is -0.118. The molecule has 0 radical (unpaired) electrons. The van der Waals surface area contributed by atoms with Crippen LogP contribution in [0.3, 0.4) is 0 Å². The van der Waals surface area contributed by atoms with Gasteiger partial charge in [-0.25, -0.2) is 0 Å². The topological polar surface area (TPSA) is 72.9 Å². The fourth-order valence-corrected chi connectivity index (χ4v) is 2.64. The predicted molar refractivity (Wildman–Crippen MR) is 82.4 cm³/mol. The maximum Gasteiger partial charge on any atom is 0.244 e. The lowest BCUT2D eigenvalue weighted by atomic mass is 10.0. The van der Waals surface area contributed by atoms with Crippen LogP contribution in [-0.2, 0) is 11.8 Å². The molecule has 0 aliphatic rings. The van der Waals surface area contributed by atoms with Gasteiger partial charge in [0, 0.05) is 28.5 Å². The number of amides is 1. The number of carbonyl (C=O) groups is 1. The van der Waals surface area contributed by atoms with Crippen LogP contribution in [0.4, 0.5) is 5.69 Å². The number of nitrogens with zero attached hydrogens (tertiary/aromatic N) is 2. The lowest BCUT2D eigenvalue weighted by Crippen LogP contribution is -2.28. The summed E-state index contributed by atoms with van der Waals surface area (Å²) in [5.41, 5.74) is 8.94. The number of benzene rings is 1. The Morgan fingerprint density at radius 3 is 2.65 bits per heavy atom. The van der Waals surface area contributed by atoms with Crippen molar-refractivity contribution in [2.45, 2.75) is 19.9 Å². The van der Waals surface area contributed by atoms with Gasteiger partial charge in [0.15, 0.2) is 0 Å². The van der Waals surface area contributed by atoms with Crippen LogP contribution in [0, 0.1) is 13.8 Å². The minimum absolute atomic E-state index is 0.427. The summed E-state index contributed by atoms with van der Waals surface area (Å²) in [6, 6.07) is 7.01. The summed E-state index contributed by atoms with van der Waals surface area (Å²) in [4.78, 5) is 11.8. The standard InChI is InChI=1S/C14H17BrN4O/c1-8-12(9(2)19(3)18-8)13(14(16)20)17-11-6-4-5-10(15)7-11/h4-7,13,17H,1-3H3,(H2,16,20). The van der Waals surface area contributed by atoms with E-state index in [9.17, 15) is 4.79 Å². The molecule has 2 aromatic rings. The van der Waals surface area contributed by atoms with E-state index >= 15 is 0 Å². The molecule has 1 unspecified atom stereocenters. The molecule has 1 atom stereocenters. The predicted octanol–water partition coefficient (Wildman–Crippen LogP) is 2.44. The molecule has 1 aromatic heterocycles. The van der Waals surface area contributed by atoms with E-state index in [1.807, 2.05) is 45.2 Å². The monoisotopic (exact) mass is 336 g/mol. The summed E-state index contributed by atoms with van der Waals surface area (Å²) in [5.74, 6) is -0.427. The summed E-state index contributed by atoms with van der Waals surface area (Å²) in [6.45, 7) is 3.80. The van der Waals surface area contributed by atoms with E-state index in [2.05, 4.69) is 26.3 Å². The molecule has 0 spiro atoms. The van der Waals surface area contributed by atoms with E-state index in [1.165, 1.54) is 0 Å². The molecule has 106 valence electrons. The van der Waals surface area contributed by atoms with Crippen LogP contribution in [0.15, 0.2) is 28.7 Å². The van der Waals surface area contributed by atoms with Gasteiger partial charge in [-0.3, -0.25) is 9.48 Å². The lowest BCUT2D eigenvalue weighted by Gasteiger charge is -2.17. The Morgan fingerprint density at radius 1 is 1.45 bits per heavy atom. The Labute approximate surface area is 126 Å². The van der Waals surface area contributed by atoms with E-state index in [1.54, 1.807) is 4.68 Å². The smallest absolute Gasteiger partial charge is 0.244 e. The van der Waals surface area contributed by atoms with Crippen molar-refractivity contribution in [1.82, 2.24) is 9.78 Å². The van der Waals surface area contributed by atoms with Crippen molar-refractivity contribution in [3.05, 3.63) is 45.7 Å². The van der Waals surface area contributed by atoms with Gasteiger partial charge < -0.3 is 11.1 Å². The number of hydrogen-bond donors (Lipinski definition) is 2. The third kappa shape index (κ3) is 2.85. The van der Waals surface area contributed by atoms with Gasteiger partial charge in [0.05, 0.1) is 5.69 Å². The minimum atomic E-state index is -0.599. The van der Waals surface area contributed by atoms with E-state index < -0.39 is 11.9 Å². The molecular weight excluding hydrogens is 320 g/mol. The third-order valence-electron chi connectivity index (χ3n) is 3.27. The van der Waals surface area contributed by atoms with Gasteiger partial charge in [0.1, 0.15) is 6.04 Å². The van der Waals surface area contributed by atoms with Crippen molar-refractivity contribution in [3.63, 3.8) is 0 Å². The average molecular weight is 337 g/mol. The molecule has 1 aromatic carbocycles. The Balaban J connectivity index is 2.40. The van der Waals surface area contributed by atoms with Crippen LogP contribution in [-0.4, -0.2) is 15.7 Å². The second kappa shape index (κ2) is 5.66. The second-order valence-corrected chi connectivity index (χ2v) is 5.61. The number of nitrogens with two attached hydrogens (primary N) is 1. The number of carbonyl (C=O) groups excluding carboxylic acids is 1. The van der Waals surface area contributed by atoms with Crippen molar-refractivity contribution in [1.29, 1.82) is 0 Å². The van der Waals surface area contributed by atoms with Crippen LogP contribution in [0.25, 0.3) is 0 Å². The van der Waals surface area contributed by atoms with Crippen LogP contribution in [0.2, 0.25) is 0 Å². The molecule has 3 N–H and O–H groups in total. The molecule has 2 rings (SSSR count). The van der Waals surface area contributed by atoms with Crippen molar-refractivity contribution < 1.29 is 4.79 Å². The highest BCUT2D eigenvalue weighted by atomic mass is 79.9. The number of anilines is 1. The summed E-state index contributed by atoms with van der Waals surface area (Å²) in [7, 11) is 1.85. The molecule has 0 bridgehead atoms. The Bertz CT molecular complexity index is 651. The number of hydrogen-bond acceptors (Lipinski definition) is 3. The van der Waals surface area contributed by atoms with Crippen LogP contribution < -0.4 is 11.1 Å². The first-order valence-electron chi connectivity index (χ1n) is 6.21. The molecule has 20 heavy (non-hydrogen) atoms. The zero-order valence-electron chi connectivity index (χ0n) is 11.6. The minimum Gasteiger partial charge on any atom is -0.370 e. The van der Waals surface area contributed by atoms with Gasteiger partial charge in [-0.1, -0.05) is 22.0 Å². The van der Waals surface area contributed by atoms with Crippen molar-refractivity contribution in [2.24, 2.45) is 12.8 Å². The highest BCUT2D eigenvalue weighted by molar-refractivity contribution is 9.10. The number of halogens is 1. The van der Waals surface area contributed by atoms with Gasteiger partial charge in [0.25, 0.3) is 0 Å². The molecular formula is C14H17BrN4O. The fraction of sp³-hybridized carbons (Fsp3) is 0.286. The normalized spacial score (nSPS) is 12.2. The third-order valence-corrected chi connectivity index (χ3v) is 3.77. The second-order valence-electron chi connectivity index (χ2n) is 4.70. The van der Waals surface area contributed by atoms with Gasteiger partial charge >= 0.3 is 0 Å². The first-order valence-corrected chi connectivity index (χ1v) is 7.01. The number of rotatable bonds is 4. The van der Waals surface area contributed by atoms with E-state index in [4.69, 9.17) is 5.73 Å². The Morgan fingerprint density at radius 2 is 2.15 bits per heavy atom. The summed E-state index contributed by atoms with van der Waals surface area (Å²) in [5, 5.41) is 7.51. The highest BCUT2D eigenvalue weighted by Gasteiger charge is 2.24. The zero-order valence-corrected chi connectivity index (χ0v) is 13.2. The number of aromatic nitrogens is 2.